The smallest absolute Gasteiger partial charge is 0.387 e. The van der Waals surface area contributed by atoms with Crippen LogP contribution in [0.2, 0.25) is 0 Å². The van der Waals surface area contributed by atoms with Gasteiger partial charge in [-0.05, 0) is 54.2 Å². The van der Waals surface area contributed by atoms with Crippen LogP contribution in [0.25, 0.3) is 0 Å². The summed E-state index contributed by atoms with van der Waals surface area (Å²) in [5, 5.41) is 9.85. The minimum atomic E-state index is -3.02. The SMILES string of the molecule is CC1(C)C(=O)N(c2cccc(OC(F)F)c2)c2c(C#N)cc(C(=O)NS3(C)CCOO3)cc21. The van der Waals surface area contributed by atoms with Gasteiger partial charge < -0.3 is 4.74 Å². The minimum Gasteiger partial charge on any atom is -0.435 e. The number of nitrogens with zero attached hydrogens (tertiary/aromatic N) is 2. The molecule has 11 heteroatoms. The highest BCUT2D eigenvalue weighted by atomic mass is 32.3. The lowest BCUT2D eigenvalue weighted by molar-refractivity contribution is -0.173. The summed E-state index contributed by atoms with van der Waals surface area (Å²) in [6.45, 7) is 0.700. The van der Waals surface area contributed by atoms with Crippen LogP contribution in [0.5, 0.6) is 5.75 Å². The van der Waals surface area contributed by atoms with Gasteiger partial charge in [-0.15, -0.1) is 0 Å². The van der Waals surface area contributed by atoms with Crippen molar-refractivity contribution in [2.75, 3.05) is 23.5 Å². The Kier molecular flexibility index (Phi) is 5.78. The first-order valence-corrected chi connectivity index (χ1v) is 12.1. The summed E-state index contributed by atoms with van der Waals surface area (Å²) in [6.07, 6.45) is 1.75. The van der Waals surface area contributed by atoms with Crippen LogP contribution >= 0.6 is 10.5 Å². The van der Waals surface area contributed by atoms with Gasteiger partial charge in [0.15, 0.2) is 0 Å². The summed E-state index contributed by atoms with van der Waals surface area (Å²) in [7, 11) is -1.95. The molecular weight excluding hydrogens is 456 g/mol. The zero-order valence-electron chi connectivity index (χ0n) is 18.1. The van der Waals surface area contributed by atoms with E-state index in [0.29, 0.717) is 23.6 Å². The Labute approximate surface area is 190 Å². The lowest BCUT2D eigenvalue weighted by Crippen LogP contribution is -2.33. The molecule has 2 aromatic rings. The number of nitrogens with one attached hydrogen (secondary N) is 1. The monoisotopic (exact) mass is 477 g/mol. The Bertz CT molecular complexity index is 1180. The third-order valence-electron chi connectivity index (χ3n) is 5.49. The fourth-order valence-corrected chi connectivity index (χ4v) is 5.18. The van der Waals surface area contributed by atoms with Gasteiger partial charge in [0.1, 0.15) is 11.8 Å². The molecule has 2 heterocycles. The van der Waals surface area contributed by atoms with Gasteiger partial charge in [-0.25, -0.2) is 4.89 Å². The Morgan fingerprint density at radius 3 is 2.73 bits per heavy atom. The number of nitriles is 1. The van der Waals surface area contributed by atoms with Crippen LogP contribution in [0, 0.1) is 11.3 Å². The average molecular weight is 477 g/mol. The second-order valence-corrected chi connectivity index (χ2v) is 11.0. The number of carbonyl (C=O) groups excluding carboxylic acids is 2. The third kappa shape index (κ3) is 4.13. The summed E-state index contributed by atoms with van der Waals surface area (Å²) < 4.78 is 37.9. The molecule has 1 saturated heterocycles. The van der Waals surface area contributed by atoms with Gasteiger partial charge in [0.25, 0.3) is 5.91 Å². The number of hydrogen-bond donors (Lipinski definition) is 1. The number of anilines is 2. The molecule has 1 N–H and O–H groups in total. The maximum absolute atomic E-state index is 13.4. The van der Waals surface area contributed by atoms with Gasteiger partial charge in [0.2, 0.25) is 5.91 Å². The number of halogens is 2. The van der Waals surface area contributed by atoms with Gasteiger partial charge in [-0.3, -0.25) is 19.2 Å². The molecule has 2 aliphatic rings. The molecule has 1 fully saturated rings. The fraction of sp³-hybridized carbons (Fsp3) is 0.318. The molecule has 174 valence electrons. The summed E-state index contributed by atoms with van der Waals surface area (Å²) in [5.74, 6) is -0.410. The third-order valence-corrected chi connectivity index (χ3v) is 7.45. The lowest BCUT2D eigenvalue weighted by atomic mass is 9.84. The van der Waals surface area contributed by atoms with Gasteiger partial charge in [-0.2, -0.15) is 18.4 Å². The topological polar surface area (TPSA) is 101 Å². The van der Waals surface area contributed by atoms with Crippen LogP contribution in [0.1, 0.15) is 35.3 Å². The van der Waals surface area contributed by atoms with E-state index in [1.165, 1.54) is 29.2 Å². The van der Waals surface area contributed by atoms with E-state index in [-0.39, 0.29) is 28.5 Å². The van der Waals surface area contributed by atoms with Crippen molar-refractivity contribution in [3.8, 4) is 11.8 Å². The highest BCUT2D eigenvalue weighted by Crippen LogP contribution is 2.49. The molecule has 0 aromatic heterocycles. The second-order valence-electron chi connectivity index (χ2n) is 8.20. The molecule has 0 aliphatic carbocycles. The number of rotatable bonds is 5. The summed E-state index contributed by atoms with van der Waals surface area (Å²) in [5.41, 5.74) is 0.262. The Hall–Kier alpha value is -3.20. The quantitative estimate of drug-likeness (QED) is 0.652. The largest absolute Gasteiger partial charge is 0.435 e. The molecule has 4 rings (SSSR count). The molecule has 1 atom stereocenters. The number of hydrogen-bond acceptors (Lipinski definition) is 6. The number of alkyl halides is 2. The van der Waals surface area contributed by atoms with Gasteiger partial charge in [-0.1, -0.05) is 6.07 Å². The van der Waals surface area contributed by atoms with Crippen LogP contribution in [-0.4, -0.2) is 37.0 Å². The van der Waals surface area contributed by atoms with E-state index in [1.54, 1.807) is 32.2 Å². The molecule has 8 nitrogen and oxygen atoms in total. The predicted octanol–water partition coefficient (Wildman–Crippen LogP) is 4.07. The first kappa shape index (κ1) is 23.0. The molecular formula is C22H21F2N3O5S. The minimum absolute atomic E-state index is 0.0977. The molecule has 0 spiro atoms. The van der Waals surface area contributed by atoms with Crippen LogP contribution < -0.4 is 14.4 Å². The molecule has 1 unspecified atom stereocenters. The van der Waals surface area contributed by atoms with Crippen LogP contribution in [-0.2, 0) is 19.4 Å². The number of ether oxygens (including phenoxy) is 1. The molecule has 33 heavy (non-hydrogen) atoms. The second kappa shape index (κ2) is 8.30. The van der Waals surface area contributed by atoms with Gasteiger partial charge in [0.05, 0.1) is 29.0 Å². The van der Waals surface area contributed by atoms with E-state index >= 15 is 0 Å². The van der Waals surface area contributed by atoms with Crippen molar-refractivity contribution in [1.82, 2.24) is 4.72 Å². The van der Waals surface area contributed by atoms with Gasteiger partial charge >= 0.3 is 6.61 Å². The first-order chi connectivity index (χ1) is 15.6. The molecule has 2 aromatic carbocycles. The Balaban J connectivity index is 1.79. The van der Waals surface area contributed by atoms with Crippen molar-refractivity contribution in [2.24, 2.45) is 0 Å². The van der Waals surface area contributed by atoms with Crippen molar-refractivity contribution in [3.63, 3.8) is 0 Å². The zero-order valence-corrected chi connectivity index (χ0v) is 18.9. The van der Waals surface area contributed by atoms with Crippen molar-refractivity contribution in [2.45, 2.75) is 25.9 Å². The maximum atomic E-state index is 13.4. The van der Waals surface area contributed by atoms with E-state index < -0.39 is 28.4 Å². The van der Waals surface area contributed by atoms with E-state index in [0.717, 1.165) is 0 Å². The first-order valence-electron chi connectivity index (χ1n) is 9.93. The molecule has 0 saturated carbocycles. The lowest BCUT2D eigenvalue weighted by Gasteiger charge is -2.27. The number of carbonyl (C=O) groups is 2. The summed E-state index contributed by atoms with van der Waals surface area (Å²) in [4.78, 5) is 32.6. The van der Waals surface area contributed by atoms with Crippen molar-refractivity contribution < 1.29 is 32.3 Å². The standard InChI is InChI=1S/C22H21F2N3O5S/c1-22(2)17-10-13(19(28)26-33(3)8-7-30-32-33)9-14(12-25)18(17)27(20(22)29)15-5-4-6-16(11-15)31-21(23)24/h4-6,9-11,21H,7-8H2,1-3H3,(H,26,28). The summed E-state index contributed by atoms with van der Waals surface area (Å²) >= 11 is 0. The molecule has 0 bridgehead atoms. The fourth-order valence-electron chi connectivity index (χ4n) is 3.80. The van der Waals surface area contributed by atoms with Crippen LogP contribution in [0.15, 0.2) is 36.4 Å². The van der Waals surface area contributed by atoms with E-state index in [4.69, 9.17) is 9.22 Å². The molecule has 0 radical (unpaired) electrons. The van der Waals surface area contributed by atoms with Gasteiger partial charge in [0, 0.05) is 23.6 Å². The summed E-state index contributed by atoms with van der Waals surface area (Å²) in [6, 6.07) is 10.7. The Morgan fingerprint density at radius 1 is 1.33 bits per heavy atom. The van der Waals surface area contributed by atoms with Crippen molar-refractivity contribution in [1.29, 1.82) is 5.26 Å². The maximum Gasteiger partial charge on any atom is 0.387 e. The van der Waals surface area contributed by atoms with Crippen LogP contribution in [0.3, 0.4) is 0 Å². The molecule has 2 amide bonds. The van der Waals surface area contributed by atoms with Crippen molar-refractivity contribution in [3.05, 3.63) is 53.1 Å². The van der Waals surface area contributed by atoms with Crippen molar-refractivity contribution >= 4 is 33.7 Å². The molecule has 2 aliphatic heterocycles. The Morgan fingerprint density at radius 2 is 2.09 bits per heavy atom. The zero-order chi connectivity index (χ0) is 24.0. The van der Waals surface area contributed by atoms with Crippen LogP contribution in [0.4, 0.5) is 20.2 Å². The average Bonchev–Trinajstić information content (AvgIpc) is 3.26. The van der Waals surface area contributed by atoms with E-state index in [2.05, 4.69) is 15.5 Å². The number of fused-ring (bicyclic) bond motifs is 1. The number of amides is 2. The highest BCUT2D eigenvalue weighted by molar-refractivity contribution is 8.28. The normalized spacial score (nSPS) is 23.1. The predicted molar refractivity (Wildman–Crippen MR) is 117 cm³/mol. The number of benzene rings is 2. The van der Waals surface area contributed by atoms with E-state index in [1.807, 2.05) is 0 Å². The highest BCUT2D eigenvalue weighted by Gasteiger charge is 2.46. The van der Waals surface area contributed by atoms with E-state index in [9.17, 15) is 23.6 Å².